The zero-order chi connectivity index (χ0) is 16.1. The zero-order valence-corrected chi connectivity index (χ0v) is 17.6. The highest BCUT2D eigenvalue weighted by atomic mass is 127. The minimum atomic E-state index is -3.09. The first-order valence-corrected chi connectivity index (χ1v) is 9.45. The first-order chi connectivity index (χ1) is 9.69. The van der Waals surface area contributed by atoms with E-state index in [1.54, 1.807) is 7.05 Å². The maximum absolute atomic E-state index is 11.5. The van der Waals surface area contributed by atoms with Gasteiger partial charge in [-0.25, -0.2) is 12.7 Å². The molecule has 0 aromatic carbocycles. The summed E-state index contributed by atoms with van der Waals surface area (Å²) >= 11 is 0. The van der Waals surface area contributed by atoms with Crippen molar-refractivity contribution in [3.63, 3.8) is 0 Å². The fourth-order valence-corrected chi connectivity index (χ4v) is 3.57. The topological polar surface area (TPSA) is 65.0 Å². The van der Waals surface area contributed by atoms with Crippen LogP contribution in [0.25, 0.3) is 0 Å². The zero-order valence-electron chi connectivity index (χ0n) is 14.4. The second-order valence-electron chi connectivity index (χ2n) is 6.42. The third kappa shape index (κ3) is 6.99. The molecule has 0 atom stereocenters. The van der Waals surface area contributed by atoms with Crippen molar-refractivity contribution in [3.8, 4) is 0 Å². The lowest BCUT2D eigenvalue weighted by Crippen LogP contribution is -2.42. The van der Waals surface area contributed by atoms with Gasteiger partial charge in [0.05, 0.1) is 6.26 Å². The molecule has 0 spiro atoms. The van der Waals surface area contributed by atoms with Crippen LogP contribution in [0.15, 0.2) is 4.99 Å². The van der Waals surface area contributed by atoms with Gasteiger partial charge in [0.15, 0.2) is 5.96 Å². The van der Waals surface area contributed by atoms with Gasteiger partial charge in [-0.15, -0.1) is 24.0 Å². The van der Waals surface area contributed by atoms with Crippen molar-refractivity contribution < 1.29 is 8.42 Å². The van der Waals surface area contributed by atoms with Crippen molar-refractivity contribution in [3.05, 3.63) is 0 Å². The fourth-order valence-electron chi connectivity index (χ4n) is 2.64. The SMILES string of the molecule is CCN(CCCNC(=NC)N1CCC(C)(C)C1)S(C)(=O)=O.I. The Morgan fingerprint density at radius 3 is 2.45 bits per heavy atom. The predicted molar refractivity (Wildman–Crippen MR) is 103 cm³/mol. The molecule has 0 bridgehead atoms. The molecule has 0 unspecified atom stereocenters. The minimum Gasteiger partial charge on any atom is -0.356 e. The van der Waals surface area contributed by atoms with Crippen LogP contribution in [0.5, 0.6) is 0 Å². The van der Waals surface area contributed by atoms with E-state index in [1.165, 1.54) is 17.0 Å². The van der Waals surface area contributed by atoms with E-state index in [1.807, 2.05) is 6.92 Å². The lowest BCUT2D eigenvalue weighted by atomic mass is 9.93. The van der Waals surface area contributed by atoms with Crippen molar-refractivity contribution in [1.82, 2.24) is 14.5 Å². The summed E-state index contributed by atoms with van der Waals surface area (Å²) in [5, 5.41) is 3.33. The number of hydrogen-bond acceptors (Lipinski definition) is 3. The Balaban J connectivity index is 0.00000441. The van der Waals surface area contributed by atoms with E-state index in [0.717, 1.165) is 32.0 Å². The summed E-state index contributed by atoms with van der Waals surface area (Å²) < 4.78 is 24.5. The number of aliphatic imine (C=N–C) groups is 1. The van der Waals surface area contributed by atoms with Crippen LogP contribution in [0.2, 0.25) is 0 Å². The number of hydrogen-bond donors (Lipinski definition) is 1. The lowest BCUT2D eigenvalue weighted by molar-refractivity contribution is 0.369. The Hall–Kier alpha value is -0.0900. The summed E-state index contributed by atoms with van der Waals surface area (Å²) in [5.74, 6) is 0.919. The number of nitrogens with zero attached hydrogens (tertiary/aromatic N) is 3. The second-order valence-corrected chi connectivity index (χ2v) is 8.40. The van der Waals surface area contributed by atoms with E-state index >= 15 is 0 Å². The third-order valence-corrected chi connectivity index (χ3v) is 5.26. The molecule has 0 aliphatic carbocycles. The molecular weight excluding hydrogens is 415 g/mol. The highest BCUT2D eigenvalue weighted by Gasteiger charge is 2.30. The molecule has 22 heavy (non-hydrogen) atoms. The molecule has 0 radical (unpaired) electrons. The summed E-state index contributed by atoms with van der Waals surface area (Å²) in [5.41, 5.74) is 0.340. The van der Waals surface area contributed by atoms with Gasteiger partial charge in [0, 0.05) is 39.8 Å². The molecular formula is C14H31IN4O2S. The number of rotatable bonds is 6. The van der Waals surface area contributed by atoms with Crippen LogP contribution < -0.4 is 5.32 Å². The smallest absolute Gasteiger partial charge is 0.211 e. The van der Waals surface area contributed by atoms with Crippen LogP contribution >= 0.6 is 24.0 Å². The molecule has 6 nitrogen and oxygen atoms in total. The molecule has 1 heterocycles. The van der Waals surface area contributed by atoms with Gasteiger partial charge >= 0.3 is 0 Å². The number of nitrogens with one attached hydrogen (secondary N) is 1. The van der Waals surface area contributed by atoms with Crippen molar-refractivity contribution in [1.29, 1.82) is 0 Å². The van der Waals surface area contributed by atoms with Gasteiger partial charge < -0.3 is 10.2 Å². The lowest BCUT2D eigenvalue weighted by Gasteiger charge is -2.24. The van der Waals surface area contributed by atoms with Gasteiger partial charge in [0.2, 0.25) is 10.0 Å². The Labute approximate surface area is 152 Å². The largest absolute Gasteiger partial charge is 0.356 e. The second kappa shape index (κ2) is 9.27. The molecule has 0 aromatic rings. The van der Waals surface area contributed by atoms with Gasteiger partial charge in [-0.2, -0.15) is 0 Å². The summed E-state index contributed by atoms with van der Waals surface area (Å²) in [6.45, 7) is 10.2. The first kappa shape index (κ1) is 21.9. The number of guanidine groups is 1. The molecule has 0 saturated carbocycles. The monoisotopic (exact) mass is 446 g/mol. The standard InChI is InChI=1S/C14H30N4O2S.HI/c1-6-18(21(5,19)20)10-7-9-16-13(15-4)17-11-8-14(2,3)12-17;/h6-12H2,1-5H3,(H,15,16);1H. The van der Waals surface area contributed by atoms with E-state index < -0.39 is 10.0 Å². The van der Waals surface area contributed by atoms with Crippen molar-refractivity contribution in [2.75, 3.05) is 46.0 Å². The third-order valence-electron chi connectivity index (χ3n) is 3.88. The van der Waals surface area contributed by atoms with Gasteiger partial charge in [-0.05, 0) is 18.3 Å². The summed E-state index contributed by atoms with van der Waals surface area (Å²) in [6, 6.07) is 0. The van der Waals surface area contributed by atoms with Crippen LogP contribution in [-0.2, 0) is 10.0 Å². The van der Waals surface area contributed by atoms with E-state index in [2.05, 4.69) is 29.1 Å². The van der Waals surface area contributed by atoms with E-state index in [-0.39, 0.29) is 24.0 Å². The molecule has 0 amide bonds. The Morgan fingerprint density at radius 1 is 1.41 bits per heavy atom. The maximum atomic E-state index is 11.5. The van der Waals surface area contributed by atoms with Crippen LogP contribution in [0.4, 0.5) is 0 Å². The van der Waals surface area contributed by atoms with Crippen LogP contribution in [0.1, 0.15) is 33.6 Å². The average Bonchev–Trinajstić information content (AvgIpc) is 2.72. The quantitative estimate of drug-likeness (QED) is 0.291. The van der Waals surface area contributed by atoms with Crippen LogP contribution in [0.3, 0.4) is 0 Å². The van der Waals surface area contributed by atoms with E-state index in [4.69, 9.17) is 0 Å². The van der Waals surface area contributed by atoms with Gasteiger partial charge in [0.1, 0.15) is 0 Å². The van der Waals surface area contributed by atoms with Crippen molar-refractivity contribution in [2.45, 2.75) is 33.6 Å². The van der Waals surface area contributed by atoms with Crippen molar-refractivity contribution >= 4 is 40.0 Å². The molecule has 1 N–H and O–H groups in total. The first-order valence-electron chi connectivity index (χ1n) is 7.60. The normalized spacial score (nSPS) is 18.5. The summed E-state index contributed by atoms with van der Waals surface area (Å²) in [7, 11) is -1.29. The molecule has 8 heteroatoms. The Bertz CT molecular complexity index is 465. The Morgan fingerprint density at radius 2 is 2.05 bits per heavy atom. The number of sulfonamides is 1. The highest BCUT2D eigenvalue weighted by molar-refractivity contribution is 14.0. The van der Waals surface area contributed by atoms with Gasteiger partial charge in [0.25, 0.3) is 0 Å². The molecule has 0 aromatic heterocycles. The van der Waals surface area contributed by atoms with Crippen LogP contribution in [-0.4, -0.2) is 69.6 Å². The molecule has 1 aliphatic heterocycles. The molecule has 1 rings (SSSR count). The maximum Gasteiger partial charge on any atom is 0.211 e. The van der Waals surface area contributed by atoms with Gasteiger partial charge in [-0.1, -0.05) is 20.8 Å². The van der Waals surface area contributed by atoms with Crippen molar-refractivity contribution in [2.24, 2.45) is 10.4 Å². The number of halogens is 1. The summed E-state index contributed by atoms with van der Waals surface area (Å²) in [6.07, 6.45) is 3.21. The fraction of sp³-hybridized carbons (Fsp3) is 0.929. The number of likely N-dealkylation sites (tertiary alicyclic amines) is 1. The van der Waals surface area contributed by atoms with Gasteiger partial charge in [-0.3, -0.25) is 4.99 Å². The van der Waals surface area contributed by atoms with E-state index in [0.29, 0.717) is 18.5 Å². The molecule has 1 aliphatic rings. The minimum absolute atomic E-state index is 0. The molecule has 1 saturated heterocycles. The van der Waals surface area contributed by atoms with Crippen LogP contribution in [0, 0.1) is 5.41 Å². The summed E-state index contributed by atoms with van der Waals surface area (Å²) in [4.78, 5) is 6.59. The van der Waals surface area contributed by atoms with E-state index in [9.17, 15) is 8.42 Å². The average molecular weight is 446 g/mol. The predicted octanol–water partition coefficient (Wildman–Crippen LogP) is 1.58. The highest BCUT2D eigenvalue weighted by Crippen LogP contribution is 2.28. The molecule has 132 valence electrons. The Kier molecular flexibility index (Phi) is 9.23. The molecule has 1 fully saturated rings.